The predicted molar refractivity (Wildman–Crippen MR) is 83.3 cm³/mol. The van der Waals surface area contributed by atoms with E-state index in [9.17, 15) is 35.1 Å². The van der Waals surface area contributed by atoms with Gasteiger partial charge in [-0.3, -0.25) is 0 Å². The van der Waals surface area contributed by atoms with E-state index >= 15 is 0 Å². The Balaban J connectivity index is 2.33. The third-order valence-electron chi connectivity index (χ3n) is 4.39. The summed E-state index contributed by atoms with van der Waals surface area (Å²) in [5.74, 6) is -3.04. The van der Waals surface area contributed by atoms with Gasteiger partial charge in [-0.15, -0.1) is 0 Å². The van der Waals surface area contributed by atoms with E-state index in [0.29, 0.717) is 0 Å². The maximum absolute atomic E-state index is 11.7. The van der Waals surface area contributed by atoms with Crippen LogP contribution in [0.25, 0.3) is 0 Å². The van der Waals surface area contributed by atoms with Gasteiger partial charge in [0.25, 0.3) is 0 Å². The lowest BCUT2D eigenvalue weighted by molar-refractivity contribution is -0.332. The third kappa shape index (κ3) is 3.24. The van der Waals surface area contributed by atoms with E-state index in [-0.39, 0.29) is 16.9 Å². The van der Waals surface area contributed by atoms with Gasteiger partial charge in [0, 0.05) is 5.92 Å². The standard InChI is InChI=1S/C16H20O10/c1-24-13(20)7-3-8(14(21)25-2)5-9(4-7)26-15(22)16(23)10(6-17)11(18)12(16)19/h3-5,10-12,15,17-19,22-23H,6H2,1-2H3. The SMILES string of the molecule is COC(=O)c1cc(OC(O)C2(O)C(O)C(O)C2CO)cc(C(=O)OC)c1. The Labute approximate surface area is 148 Å². The molecule has 1 aromatic carbocycles. The first-order chi connectivity index (χ1) is 12.2. The minimum absolute atomic E-state index is 0.0857. The highest BCUT2D eigenvalue weighted by atomic mass is 16.6. The molecule has 10 nitrogen and oxygen atoms in total. The summed E-state index contributed by atoms with van der Waals surface area (Å²) in [6.45, 7) is -0.718. The van der Waals surface area contributed by atoms with Crippen LogP contribution in [0.4, 0.5) is 0 Å². The highest BCUT2D eigenvalue weighted by Crippen LogP contribution is 2.42. The van der Waals surface area contributed by atoms with Crippen molar-refractivity contribution in [2.75, 3.05) is 20.8 Å². The van der Waals surface area contributed by atoms with Crippen LogP contribution < -0.4 is 4.74 Å². The van der Waals surface area contributed by atoms with Gasteiger partial charge in [0.05, 0.1) is 38.1 Å². The van der Waals surface area contributed by atoms with Gasteiger partial charge in [0.2, 0.25) is 6.29 Å². The highest BCUT2D eigenvalue weighted by Gasteiger charge is 2.65. The van der Waals surface area contributed by atoms with Crippen molar-refractivity contribution >= 4 is 11.9 Å². The Morgan fingerprint density at radius 1 is 1.12 bits per heavy atom. The molecule has 0 amide bonds. The van der Waals surface area contributed by atoms with Gasteiger partial charge >= 0.3 is 11.9 Å². The number of benzene rings is 1. The quantitative estimate of drug-likeness (QED) is 0.280. The maximum atomic E-state index is 11.7. The second kappa shape index (κ2) is 7.56. The van der Waals surface area contributed by atoms with Crippen molar-refractivity contribution in [2.45, 2.75) is 24.1 Å². The largest absolute Gasteiger partial charge is 0.465 e. The molecule has 0 radical (unpaired) electrons. The average Bonchev–Trinajstić information content (AvgIpc) is 2.65. The molecule has 0 saturated heterocycles. The van der Waals surface area contributed by atoms with E-state index in [1.54, 1.807) is 0 Å². The number of aliphatic hydroxyl groups is 5. The van der Waals surface area contributed by atoms with Crippen molar-refractivity contribution in [1.29, 1.82) is 0 Å². The molecule has 2 rings (SSSR count). The van der Waals surface area contributed by atoms with Crippen molar-refractivity contribution in [3.63, 3.8) is 0 Å². The Morgan fingerprint density at radius 3 is 2.04 bits per heavy atom. The summed E-state index contributed by atoms with van der Waals surface area (Å²) in [7, 11) is 2.26. The van der Waals surface area contributed by atoms with Crippen LogP contribution >= 0.6 is 0 Å². The van der Waals surface area contributed by atoms with Crippen LogP contribution in [0, 0.1) is 5.92 Å². The molecular formula is C16H20O10. The summed E-state index contributed by atoms with van der Waals surface area (Å²) in [5.41, 5.74) is -2.52. The van der Waals surface area contributed by atoms with Crippen LogP contribution in [-0.2, 0) is 9.47 Å². The lowest BCUT2D eigenvalue weighted by Crippen LogP contribution is -2.76. The second-order valence-corrected chi connectivity index (χ2v) is 5.81. The normalized spacial score (nSPS) is 28.7. The molecule has 5 N–H and O–H groups in total. The molecule has 1 fully saturated rings. The lowest BCUT2D eigenvalue weighted by atomic mass is 9.64. The van der Waals surface area contributed by atoms with Gasteiger partial charge in [-0.2, -0.15) is 0 Å². The number of hydrogen-bond donors (Lipinski definition) is 5. The van der Waals surface area contributed by atoms with Gasteiger partial charge in [0.15, 0.2) is 5.60 Å². The van der Waals surface area contributed by atoms with Crippen molar-refractivity contribution in [3.05, 3.63) is 29.3 Å². The predicted octanol–water partition coefficient (Wildman–Crippen LogP) is -1.97. The third-order valence-corrected chi connectivity index (χ3v) is 4.39. The fourth-order valence-corrected chi connectivity index (χ4v) is 2.81. The molecule has 1 saturated carbocycles. The van der Waals surface area contributed by atoms with E-state index in [2.05, 4.69) is 9.47 Å². The first kappa shape index (κ1) is 20.1. The first-order valence-corrected chi connectivity index (χ1v) is 7.56. The van der Waals surface area contributed by atoms with E-state index in [1.807, 2.05) is 0 Å². The molecule has 1 aromatic rings. The molecule has 5 unspecified atom stereocenters. The number of ether oxygens (including phenoxy) is 3. The van der Waals surface area contributed by atoms with Crippen molar-refractivity contribution in [3.8, 4) is 5.75 Å². The lowest BCUT2D eigenvalue weighted by Gasteiger charge is -2.53. The molecule has 0 spiro atoms. The molecule has 26 heavy (non-hydrogen) atoms. The van der Waals surface area contributed by atoms with Crippen molar-refractivity contribution in [1.82, 2.24) is 0 Å². The van der Waals surface area contributed by atoms with Crippen LogP contribution in [-0.4, -0.2) is 82.4 Å². The number of rotatable bonds is 6. The van der Waals surface area contributed by atoms with E-state index < -0.39 is 48.6 Å². The smallest absolute Gasteiger partial charge is 0.338 e. The summed E-state index contributed by atoms with van der Waals surface area (Å²) in [4.78, 5) is 23.4. The first-order valence-electron chi connectivity index (χ1n) is 7.56. The van der Waals surface area contributed by atoms with E-state index in [1.165, 1.54) is 6.07 Å². The summed E-state index contributed by atoms with van der Waals surface area (Å²) in [6, 6.07) is 3.46. The minimum atomic E-state index is -2.35. The fourth-order valence-electron chi connectivity index (χ4n) is 2.81. The van der Waals surface area contributed by atoms with E-state index in [0.717, 1.165) is 26.4 Å². The molecular weight excluding hydrogens is 352 g/mol. The molecule has 0 heterocycles. The number of methoxy groups -OCH3 is 2. The van der Waals surface area contributed by atoms with Gasteiger partial charge < -0.3 is 39.7 Å². The zero-order chi connectivity index (χ0) is 19.6. The Bertz CT molecular complexity index is 655. The van der Waals surface area contributed by atoms with Crippen molar-refractivity contribution in [2.24, 2.45) is 5.92 Å². The Hall–Kier alpha value is -2.24. The van der Waals surface area contributed by atoms with Gasteiger partial charge in [-0.25, -0.2) is 9.59 Å². The number of carbonyl (C=O) groups is 2. The molecule has 5 atom stereocenters. The molecule has 10 heteroatoms. The van der Waals surface area contributed by atoms with Gasteiger partial charge in [0.1, 0.15) is 11.9 Å². The summed E-state index contributed by atoms with van der Waals surface area (Å²) < 4.78 is 14.3. The maximum Gasteiger partial charge on any atom is 0.338 e. The highest BCUT2D eigenvalue weighted by molar-refractivity contribution is 5.96. The molecule has 144 valence electrons. The average molecular weight is 372 g/mol. The van der Waals surface area contributed by atoms with Crippen LogP contribution in [0.3, 0.4) is 0 Å². The summed E-state index contributed by atoms with van der Waals surface area (Å²) >= 11 is 0. The minimum Gasteiger partial charge on any atom is -0.465 e. The Morgan fingerprint density at radius 2 is 1.62 bits per heavy atom. The van der Waals surface area contributed by atoms with Crippen LogP contribution in [0.2, 0.25) is 0 Å². The summed E-state index contributed by atoms with van der Waals surface area (Å²) in [6.07, 6.45) is -5.29. The van der Waals surface area contributed by atoms with Gasteiger partial charge in [-0.05, 0) is 18.2 Å². The molecule has 0 bridgehead atoms. The number of aliphatic hydroxyl groups excluding tert-OH is 4. The zero-order valence-corrected chi connectivity index (χ0v) is 14.0. The fraction of sp³-hybridized carbons (Fsp3) is 0.500. The monoisotopic (exact) mass is 372 g/mol. The molecule has 1 aliphatic carbocycles. The van der Waals surface area contributed by atoms with Gasteiger partial charge in [-0.1, -0.05) is 0 Å². The van der Waals surface area contributed by atoms with E-state index in [4.69, 9.17) is 4.74 Å². The van der Waals surface area contributed by atoms with Crippen LogP contribution in [0.15, 0.2) is 18.2 Å². The van der Waals surface area contributed by atoms with Crippen LogP contribution in [0.5, 0.6) is 5.75 Å². The van der Waals surface area contributed by atoms with Crippen LogP contribution in [0.1, 0.15) is 20.7 Å². The number of esters is 2. The number of hydrogen-bond acceptors (Lipinski definition) is 10. The molecule has 0 aliphatic heterocycles. The Kier molecular flexibility index (Phi) is 5.84. The second-order valence-electron chi connectivity index (χ2n) is 5.81. The molecule has 0 aromatic heterocycles. The molecule has 1 aliphatic rings. The topological polar surface area (TPSA) is 163 Å². The summed E-state index contributed by atoms with van der Waals surface area (Å²) in [5, 5.41) is 49.0. The number of carbonyl (C=O) groups excluding carboxylic acids is 2. The van der Waals surface area contributed by atoms with Crippen molar-refractivity contribution < 1.29 is 49.3 Å². The zero-order valence-electron chi connectivity index (χ0n) is 14.0.